The molecule has 0 spiro atoms. The van der Waals surface area contributed by atoms with Crippen molar-refractivity contribution in [2.45, 2.75) is 19.0 Å². The third-order valence-electron chi connectivity index (χ3n) is 5.59. The molecule has 3 aromatic carbocycles. The number of nitrogens with zero attached hydrogens (tertiary/aromatic N) is 3. The van der Waals surface area contributed by atoms with Gasteiger partial charge in [0.05, 0.1) is 0 Å². The lowest BCUT2D eigenvalue weighted by Gasteiger charge is -2.41. The van der Waals surface area contributed by atoms with Crippen molar-refractivity contribution in [3.63, 3.8) is 0 Å². The van der Waals surface area contributed by atoms with E-state index in [4.69, 9.17) is 16.5 Å². The van der Waals surface area contributed by atoms with Crippen LogP contribution in [-0.2, 0) is 12.1 Å². The minimum atomic E-state index is -0.788. The van der Waals surface area contributed by atoms with Crippen molar-refractivity contribution in [3.8, 4) is 11.1 Å². The first kappa shape index (κ1) is 16.6. The Balaban J connectivity index is 1.68. The highest BCUT2D eigenvalue weighted by Gasteiger charge is 2.39. The standard InChI is InChI=1S/C23H21N5/c1-23(27-21(24)26-22(25)28(23)18-8-3-2-4-9-18)17-12-11-16-13-15-7-5-6-10-19(15)20(16)14-17/h2-12,14H,13H2,1H3,(H4,24,25,26,27). The van der Waals surface area contributed by atoms with Crippen molar-refractivity contribution in [3.05, 3.63) is 89.5 Å². The number of aliphatic imine (C=N–C) groups is 2. The van der Waals surface area contributed by atoms with E-state index in [9.17, 15) is 0 Å². The van der Waals surface area contributed by atoms with Gasteiger partial charge in [-0.05, 0) is 53.8 Å². The van der Waals surface area contributed by atoms with Crippen LogP contribution in [0.5, 0.6) is 0 Å². The topological polar surface area (TPSA) is 80.0 Å². The van der Waals surface area contributed by atoms with Crippen molar-refractivity contribution in [1.29, 1.82) is 0 Å². The van der Waals surface area contributed by atoms with Gasteiger partial charge in [0.1, 0.15) is 0 Å². The van der Waals surface area contributed by atoms with E-state index in [-0.39, 0.29) is 5.96 Å². The number of para-hydroxylation sites is 1. The fourth-order valence-corrected chi connectivity index (χ4v) is 4.26. The van der Waals surface area contributed by atoms with Gasteiger partial charge >= 0.3 is 0 Å². The molecule has 0 fully saturated rings. The molecule has 4 N–H and O–H groups in total. The summed E-state index contributed by atoms with van der Waals surface area (Å²) in [5, 5.41) is 0. The Bertz CT molecular complexity index is 1130. The summed E-state index contributed by atoms with van der Waals surface area (Å²) in [5.41, 5.74) is 18.7. The molecule has 1 atom stereocenters. The first-order chi connectivity index (χ1) is 13.6. The molecule has 1 aliphatic heterocycles. The highest BCUT2D eigenvalue weighted by Crippen LogP contribution is 2.42. The number of hydrogen-bond acceptors (Lipinski definition) is 5. The van der Waals surface area contributed by atoms with E-state index < -0.39 is 5.66 Å². The summed E-state index contributed by atoms with van der Waals surface area (Å²) in [5.74, 6) is 0.523. The van der Waals surface area contributed by atoms with Crippen LogP contribution in [0.3, 0.4) is 0 Å². The van der Waals surface area contributed by atoms with Crippen LogP contribution in [0.25, 0.3) is 11.1 Å². The molecule has 138 valence electrons. The van der Waals surface area contributed by atoms with E-state index in [1.165, 1.54) is 22.3 Å². The third-order valence-corrected chi connectivity index (χ3v) is 5.59. The van der Waals surface area contributed by atoms with Crippen LogP contribution in [0.2, 0.25) is 0 Å². The quantitative estimate of drug-likeness (QED) is 0.568. The van der Waals surface area contributed by atoms with E-state index in [0.29, 0.717) is 5.96 Å². The van der Waals surface area contributed by atoms with Crippen molar-refractivity contribution in [1.82, 2.24) is 0 Å². The zero-order valence-corrected chi connectivity index (χ0v) is 15.6. The zero-order valence-electron chi connectivity index (χ0n) is 15.6. The maximum absolute atomic E-state index is 6.32. The number of nitrogens with two attached hydrogens (primary N) is 2. The van der Waals surface area contributed by atoms with Gasteiger partial charge in [-0.15, -0.1) is 0 Å². The van der Waals surface area contributed by atoms with Gasteiger partial charge in [-0.25, -0.2) is 4.99 Å². The van der Waals surface area contributed by atoms with Gasteiger partial charge in [0.15, 0.2) is 5.66 Å². The van der Waals surface area contributed by atoms with Crippen LogP contribution in [0, 0.1) is 0 Å². The van der Waals surface area contributed by atoms with Crippen molar-refractivity contribution < 1.29 is 0 Å². The number of guanidine groups is 2. The smallest absolute Gasteiger partial charge is 0.221 e. The summed E-state index contributed by atoms with van der Waals surface area (Å²) in [6.45, 7) is 2.02. The first-order valence-corrected chi connectivity index (χ1v) is 9.33. The van der Waals surface area contributed by atoms with E-state index >= 15 is 0 Å². The molecule has 0 aromatic heterocycles. The Kier molecular flexibility index (Phi) is 3.52. The Morgan fingerprint density at radius 1 is 0.857 bits per heavy atom. The van der Waals surface area contributed by atoms with Crippen LogP contribution in [0.15, 0.2) is 82.8 Å². The summed E-state index contributed by atoms with van der Waals surface area (Å²) < 4.78 is 0. The van der Waals surface area contributed by atoms with Gasteiger partial charge in [-0.2, -0.15) is 4.99 Å². The molecule has 28 heavy (non-hydrogen) atoms. The van der Waals surface area contributed by atoms with Crippen molar-refractivity contribution >= 4 is 17.6 Å². The second-order valence-electron chi connectivity index (χ2n) is 7.34. The Morgan fingerprint density at radius 3 is 2.39 bits per heavy atom. The average Bonchev–Trinajstić information content (AvgIpc) is 3.06. The third kappa shape index (κ3) is 2.40. The highest BCUT2D eigenvalue weighted by molar-refractivity contribution is 6.05. The minimum absolute atomic E-state index is 0.188. The molecule has 0 radical (unpaired) electrons. The van der Waals surface area contributed by atoms with Crippen molar-refractivity contribution in [2.24, 2.45) is 21.5 Å². The van der Waals surface area contributed by atoms with Crippen LogP contribution in [-0.4, -0.2) is 11.9 Å². The molecule has 0 saturated carbocycles. The second kappa shape index (κ2) is 5.96. The highest BCUT2D eigenvalue weighted by atomic mass is 15.4. The molecule has 0 amide bonds. The minimum Gasteiger partial charge on any atom is -0.369 e. The van der Waals surface area contributed by atoms with Gasteiger partial charge < -0.3 is 11.5 Å². The van der Waals surface area contributed by atoms with E-state index in [0.717, 1.165) is 17.7 Å². The summed E-state index contributed by atoms with van der Waals surface area (Å²) in [6.07, 6.45) is 0.958. The zero-order chi connectivity index (χ0) is 19.3. The van der Waals surface area contributed by atoms with Gasteiger partial charge in [-0.3, -0.25) is 4.90 Å². The van der Waals surface area contributed by atoms with Crippen LogP contribution < -0.4 is 16.4 Å². The maximum Gasteiger partial charge on any atom is 0.221 e. The van der Waals surface area contributed by atoms with Crippen LogP contribution in [0.4, 0.5) is 5.69 Å². The Morgan fingerprint density at radius 2 is 1.57 bits per heavy atom. The molecule has 1 unspecified atom stereocenters. The molecule has 5 heteroatoms. The fourth-order valence-electron chi connectivity index (χ4n) is 4.26. The predicted molar refractivity (Wildman–Crippen MR) is 114 cm³/mol. The maximum atomic E-state index is 6.32. The van der Waals surface area contributed by atoms with Crippen LogP contribution in [0.1, 0.15) is 23.6 Å². The lowest BCUT2D eigenvalue weighted by molar-refractivity contribution is 0.509. The summed E-state index contributed by atoms with van der Waals surface area (Å²) in [6, 6.07) is 25.0. The molecule has 5 nitrogen and oxygen atoms in total. The fraction of sp³-hybridized carbons (Fsp3) is 0.130. The lowest BCUT2D eigenvalue weighted by atomic mass is 9.94. The van der Waals surface area contributed by atoms with Crippen LogP contribution >= 0.6 is 0 Å². The summed E-state index contributed by atoms with van der Waals surface area (Å²) in [7, 11) is 0. The molecular weight excluding hydrogens is 346 g/mol. The SMILES string of the molecule is CC1(c2ccc3c(c2)-c2ccccc2C3)N=C(N)N=C(N)N1c1ccccc1. The molecule has 0 bridgehead atoms. The Hall–Kier alpha value is -3.60. The largest absolute Gasteiger partial charge is 0.369 e. The van der Waals surface area contributed by atoms with Crippen molar-refractivity contribution in [2.75, 3.05) is 4.90 Å². The summed E-state index contributed by atoms with van der Waals surface area (Å²) >= 11 is 0. The second-order valence-corrected chi connectivity index (χ2v) is 7.34. The van der Waals surface area contributed by atoms with Gasteiger partial charge in [-0.1, -0.05) is 54.6 Å². The molecule has 5 rings (SSSR count). The molecule has 1 heterocycles. The molecule has 3 aromatic rings. The monoisotopic (exact) mass is 367 g/mol. The summed E-state index contributed by atoms with van der Waals surface area (Å²) in [4.78, 5) is 10.9. The average molecular weight is 367 g/mol. The Labute approximate surface area is 164 Å². The number of rotatable bonds is 2. The number of hydrogen-bond donors (Lipinski definition) is 2. The predicted octanol–water partition coefficient (Wildman–Crippen LogP) is 3.58. The molecular formula is C23H21N5. The molecule has 2 aliphatic rings. The van der Waals surface area contributed by atoms with Gasteiger partial charge in [0, 0.05) is 11.3 Å². The van der Waals surface area contributed by atoms with Gasteiger partial charge in [0.2, 0.25) is 11.9 Å². The first-order valence-electron chi connectivity index (χ1n) is 9.33. The number of fused-ring (bicyclic) bond motifs is 3. The normalized spacial score (nSPS) is 20.2. The van der Waals surface area contributed by atoms with E-state index in [2.05, 4.69) is 47.5 Å². The number of benzene rings is 3. The van der Waals surface area contributed by atoms with E-state index in [1.807, 2.05) is 42.2 Å². The molecule has 1 aliphatic carbocycles. The molecule has 0 saturated heterocycles. The van der Waals surface area contributed by atoms with Gasteiger partial charge in [0.25, 0.3) is 0 Å². The lowest BCUT2D eigenvalue weighted by Crippen LogP contribution is -2.54. The number of anilines is 1. The van der Waals surface area contributed by atoms with E-state index in [1.54, 1.807) is 0 Å².